The lowest BCUT2D eigenvalue weighted by Gasteiger charge is -2.34. The molecule has 0 aromatic carbocycles. The van der Waals surface area contributed by atoms with Gasteiger partial charge in [-0.3, -0.25) is 0 Å². The smallest absolute Gasteiger partial charge is 0.280 e. The van der Waals surface area contributed by atoms with Gasteiger partial charge in [0, 0.05) is 25.3 Å². The molecule has 0 spiro atoms. The first kappa shape index (κ1) is 15.3. The summed E-state index contributed by atoms with van der Waals surface area (Å²) in [5.74, 6) is 0. The topological polar surface area (TPSA) is 87.2 Å². The SMILES string of the molecule is CNCC1CCCCN1S(=O)(=O)NCc1ccncn1. The molecule has 2 N–H and O–H groups in total. The highest BCUT2D eigenvalue weighted by Gasteiger charge is 2.31. The van der Waals surface area contributed by atoms with Crippen molar-refractivity contribution in [3.8, 4) is 0 Å². The minimum Gasteiger partial charge on any atom is -0.318 e. The molecule has 8 heteroatoms. The van der Waals surface area contributed by atoms with Crippen molar-refractivity contribution in [2.24, 2.45) is 0 Å². The molecule has 0 aliphatic carbocycles. The van der Waals surface area contributed by atoms with E-state index in [0.717, 1.165) is 19.3 Å². The molecule has 0 bridgehead atoms. The van der Waals surface area contributed by atoms with Gasteiger partial charge in [-0.15, -0.1) is 0 Å². The van der Waals surface area contributed by atoms with Gasteiger partial charge in [-0.05, 0) is 26.0 Å². The van der Waals surface area contributed by atoms with E-state index in [9.17, 15) is 8.42 Å². The fraction of sp³-hybridized carbons (Fsp3) is 0.667. The third kappa shape index (κ3) is 3.95. The maximum absolute atomic E-state index is 12.4. The zero-order valence-corrected chi connectivity index (χ0v) is 12.4. The highest BCUT2D eigenvalue weighted by atomic mass is 32.2. The molecule has 0 amide bonds. The number of rotatable bonds is 6. The van der Waals surface area contributed by atoms with Crippen LogP contribution >= 0.6 is 0 Å². The van der Waals surface area contributed by atoms with E-state index in [1.54, 1.807) is 16.6 Å². The largest absolute Gasteiger partial charge is 0.318 e. The summed E-state index contributed by atoms with van der Waals surface area (Å²) < 4.78 is 29.0. The standard InChI is InChI=1S/C12H21N5O2S/c1-13-9-12-4-2-3-7-17(12)20(18,19)16-8-11-5-6-14-10-15-11/h5-6,10,12-13,16H,2-4,7-9H2,1H3. The van der Waals surface area contributed by atoms with Crippen LogP contribution in [0.5, 0.6) is 0 Å². The molecule has 1 atom stereocenters. The van der Waals surface area contributed by atoms with Crippen molar-refractivity contribution < 1.29 is 8.42 Å². The molecule has 1 aromatic rings. The first-order chi connectivity index (χ1) is 9.63. The van der Waals surface area contributed by atoms with Gasteiger partial charge in [0.25, 0.3) is 10.2 Å². The minimum absolute atomic E-state index is 0.0247. The number of nitrogens with zero attached hydrogens (tertiary/aromatic N) is 3. The Labute approximate surface area is 120 Å². The molecule has 20 heavy (non-hydrogen) atoms. The quantitative estimate of drug-likeness (QED) is 0.765. The van der Waals surface area contributed by atoms with Crippen molar-refractivity contribution in [3.05, 3.63) is 24.3 Å². The molecule has 2 heterocycles. The lowest BCUT2D eigenvalue weighted by Crippen LogP contribution is -2.51. The van der Waals surface area contributed by atoms with Gasteiger partial charge in [0.15, 0.2) is 0 Å². The second-order valence-corrected chi connectivity index (χ2v) is 6.55. The van der Waals surface area contributed by atoms with Crippen LogP contribution in [-0.2, 0) is 16.8 Å². The third-order valence-corrected chi connectivity index (χ3v) is 5.01. The molecule has 0 radical (unpaired) electrons. The van der Waals surface area contributed by atoms with Crippen molar-refractivity contribution >= 4 is 10.2 Å². The molecule has 1 unspecified atom stereocenters. The van der Waals surface area contributed by atoms with Crippen LogP contribution in [0.3, 0.4) is 0 Å². The Kier molecular flexibility index (Phi) is 5.41. The van der Waals surface area contributed by atoms with E-state index in [0.29, 0.717) is 18.8 Å². The zero-order valence-electron chi connectivity index (χ0n) is 11.6. The minimum atomic E-state index is -3.47. The van der Waals surface area contributed by atoms with E-state index < -0.39 is 10.2 Å². The van der Waals surface area contributed by atoms with Crippen molar-refractivity contribution in [1.82, 2.24) is 24.3 Å². The van der Waals surface area contributed by atoms with Gasteiger partial charge in [0.1, 0.15) is 6.33 Å². The predicted molar refractivity (Wildman–Crippen MR) is 76.1 cm³/mol. The summed E-state index contributed by atoms with van der Waals surface area (Å²) in [4.78, 5) is 7.82. The van der Waals surface area contributed by atoms with Crippen LogP contribution in [0.4, 0.5) is 0 Å². The van der Waals surface area contributed by atoms with Crippen molar-refractivity contribution in [1.29, 1.82) is 0 Å². The Morgan fingerprint density at radius 3 is 3.00 bits per heavy atom. The summed E-state index contributed by atoms with van der Waals surface area (Å²) in [6.45, 7) is 1.44. The van der Waals surface area contributed by atoms with Crippen LogP contribution in [0.15, 0.2) is 18.6 Å². The molecule has 1 saturated heterocycles. The normalized spacial score (nSPS) is 20.9. The number of likely N-dealkylation sites (N-methyl/N-ethyl adjacent to an activating group) is 1. The molecule has 2 rings (SSSR count). The molecule has 7 nitrogen and oxygen atoms in total. The number of nitrogens with one attached hydrogen (secondary N) is 2. The lowest BCUT2D eigenvalue weighted by molar-refractivity contribution is 0.246. The van der Waals surface area contributed by atoms with Crippen molar-refractivity contribution in [3.63, 3.8) is 0 Å². The molecule has 1 aliphatic heterocycles. The van der Waals surface area contributed by atoms with Crippen molar-refractivity contribution in [2.45, 2.75) is 31.8 Å². The zero-order chi connectivity index (χ0) is 14.4. The Hall–Kier alpha value is -1.09. The van der Waals surface area contributed by atoms with Crippen LogP contribution in [0.25, 0.3) is 0 Å². The summed E-state index contributed by atoms with van der Waals surface area (Å²) in [5.41, 5.74) is 0.658. The summed E-state index contributed by atoms with van der Waals surface area (Å²) in [6, 6.07) is 1.72. The van der Waals surface area contributed by atoms with E-state index >= 15 is 0 Å². The maximum Gasteiger partial charge on any atom is 0.280 e. The lowest BCUT2D eigenvalue weighted by atomic mass is 10.1. The van der Waals surface area contributed by atoms with Crippen LogP contribution < -0.4 is 10.0 Å². The van der Waals surface area contributed by atoms with Gasteiger partial charge < -0.3 is 5.32 Å². The van der Waals surface area contributed by atoms with Crippen LogP contribution in [-0.4, -0.2) is 48.9 Å². The summed E-state index contributed by atoms with van der Waals surface area (Å²) in [6.07, 6.45) is 5.89. The molecular formula is C12H21N5O2S. The molecule has 112 valence electrons. The Morgan fingerprint density at radius 1 is 1.45 bits per heavy atom. The highest BCUT2D eigenvalue weighted by Crippen LogP contribution is 2.19. The number of hydrogen-bond donors (Lipinski definition) is 2. The fourth-order valence-electron chi connectivity index (χ4n) is 2.40. The second-order valence-electron chi connectivity index (χ2n) is 4.84. The van der Waals surface area contributed by atoms with Crippen LogP contribution in [0, 0.1) is 0 Å². The Balaban J connectivity index is 2.01. The highest BCUT2D eigenvalue weighted by molar-refractivity contribution is 7.87. The molecular weight excluding hydrogens is 278 g/mol. The predicted octanol–water partition coefficient (Wildman–Crippen LogP) is -0.115. The number of aromatic nitrogens is 2. The average molecular weight is 299 g/mol. The van der Waals surface area contributed by atoms with Gasteiger partial charge >= 0.3 is 0 Å². The Morgan fingerprint density at radius 2 is 2.30 bits per heavy atom. The van der Waals surface area contributed by atoms with Gasteiger partial charge in [-0.2, -0.15) is 17.4 Å². The molecule has 1 aromatic heterocycles. The second kappa shape index (κ2) is 7.07. The first-order valence-electron chi connectivity index (χ1n) is 6.79. The number of hydrogen-bond acceptors (Lipinski definition) is 5. The summed E-state index contributed by atoms with van der Waals surface area (Å²) >= 11 is 0. The number of piperidine rings is 1. The molecule has 1 aliphatic rings. The van der Waals surface area contributed by atoms with Crippen LogP contribution in [0.2, 0.25) is 0 Å². The van der Waals surface area contributed by atoms with Crippen LogP contribution in [0.1, 0.15) is 25.0 Å². The van der Waals surface area contributed by atoms with E-state index in [4.69, 9.17) is 0 Å². The van der Waals surface area contributed by atoms with Gasteiger partial charge in [0.05, 0.1) is 12.2 Å². The third-order valence-electron chi connectivity index (χ3n) is 3.40. The summed E-state index contributed by atoms with van der Waals surface area (Å²) in [7, 11) is -1.63. The van der Waals surface area contributed by atoms with E-state index in [1.165, 1.54) is 6.33 Å². The van der Waals surface area contributed by atoms with Gasteiger partial charge in [0.2, 0.25) is 0 Å². The fourth-order valence-corrected chi connectivity index (χ4v) is 3.84. The monoisotopic (exact) mass is 299 g/mol. The first-order valence-corrected chi connectivity index (χ1v) is 8.23. The maximum atomic E-state index is 12.4. The summed E-state index contributed by atoms with van der Waals surface area (Å²) in [5, 5.41) is 3.06. The molecule has 0 saturated carbocycles. The van der Waals surface area contributed by atoms with Gasteiger partial charge in [-0.25, -0.2) is 9.97 Å². The van der Waals surface area contributed by atoms with E-state index in [1.807, 2.05) is 7.05 Å². The van der Waals surface area contributed by atoms with E-state index in [2.05, 4.69) is 20.0 Å². The average Bonchev–Trinajstić information content (AvgIpc) is 2.47. The molecule has 1 fully saturated rings. The van der Waals surface area contributed by atoms with E-state index in [-0.39, 0.29) is 12.6 Å². The van der Waals surface area contributed by atoms with Gasteiger partial charge in [-0.1, -0.05) is 6.42 Å². The Bertz CT molecular complexity index is 506. The van der Waals surface area contributed by atoms with Crippen molar-refractivity contribution in [2.75, 3.05) is 20.1 Å².